The number of imidazole rings is 1. The van der Waals surface area contributed by atoms with E-state index in [4.69, 9.17) is 15.9 Å². The van der Waals surface area contributed by atoms with Crippen molar-refractivity contribution in [1.82, 2.24) is 9.97 Å². The van der Waals surface area contributed by atoms with Gasteiger partial charge in [-0.05, 0) is 25.1 Å². The Bertz CT molecular complexity index is 972. The lowest BCUT2D eigenvalue weighted by molar-refractivity contribution is -0.384. The average molecular weight is 337 g/mol. The number of ether oxygens (including phenoxy) is 2. The number of non-ortho nitro benzene ring substituents is 1. The molecule has 0 atom stereocenters. The lowest BCUT2D eigenvalue weighted by Crippen LogP contribution is -1.98. The molecule has 0 saturated heterocycles. The fraction of sp³-hybridized carbons (Fsp3) is 0.167. The van der Waals surface area contributed by atoms with E-state index in [9.17, 15) is 10.1 Å². The summed E-state index contributed by atoms with van der Waals surface area (Å²) in [5.41, 5.74) is 1.94. The van der Waals surface area contributed by atoms with E-state index in [-0.39, 0.29) is 12.3 Å². The van der Waals surface area contributed by atoms with Gasteiger partial charge < -0.3 is 14.5 Å². The van der Waals surface area contributed by atoms with Crippen molar-refractivity contribution in [3.63, 3.8) is 0 Å². The van der Waals surface area contributed by atoms with E-state index in [0.717, 1.165) is 5.56 Å². The molecule has 0 aliphatic carbocycles. The summed E-state index contributed by atoms with van der Waals surface area (Å²) in [6, 6.07) is 9.82. The van der Waals surface area contributed by atoms with Crippen LogP contribution in [0.25, 0.3) is 22.4 Å². The summed E-state index contributed by atoms with van der Waals surface area (Å²) in [6.07, 6.45) is 5.20. The third kappa shape index (κ3) is 3.38. The molecular weight excluding hydrogens is 322 g/mol. The molecule has 0 saturated carbocycles. The Hall–Kier alpha value is -3.53. The highest BCUT2D eigenvalue weighted by molar-refractivity contribution is 5.82. The summed E-state index contributed by atoms with van der Waals surface area (Å²) in [5, 5.41) is 10.9. The molecule has 0 aliphatic heterocycles. The minimum absolute atomic E-state index is 0.00591. The van der Waals surface area contributed by atoms with Crippen molar-refractivity contribution in [3.05, 3.63) is 46.5 Å². The molecule has 0 amide bonds. The van der Waals surface area contributed by atoms with E-state index in [1.165, 1.54) is 12.1 Å². The van der Waals surface area contributed by atoms with Crippen molar-refractivity contribution in [2.75, 3.05) is 13.2 Å². The van der Waals surface area contributed by atoms with Crippen LogP contribution in [0.4, 0.5) is 5.69 Å². The van der Waals surface area contributed by atoms with Gasteiger partial charge in [-0.1, -0.05) is 5.92 Å². The first-order valence-electron chi connectivity index (χ1n) is 7.60. The second-order valence-corrected chi connectivity index (χ2v) is 5.13. The fourth-order valence-electron chi connectivity index (χ4n) is 2.42. The maximum atomic E-state index is 10.9. The number of nitro groups is 1. The summed E-state index contributed by atoms with van der Waals surface area (Å²) in [7, 11) is 0. The molecular formula is C18H15N3O4. The number of hydrogen-bond donors (Lipinski definition) is 1. The smallest absolute Gasteiger partial charge is 0.271 e. The molecule has 0 fully saturated rings. The van der Waals surface area contributed by atoms with Crippen LogP contribution in [-0.4, -0.2) is 28.1 Å². The highest BCUT2D eigenvalue weighted by atomic mass is 16.6. The minimum atomic E-state index is -0.447. The zero-order valence-electron chi connectivity index (χ0n) is 13.5. The minimum Gasteiger partial charge on any atom is -0.493 e. The quantitative estimate of drug-likeness (QED) is 0.422. The molecule has 1 N–H and O–H groups in total. The highest BCUT2D eigenvalue weighted by Gasteiger charge is 2.14. The van der Waals surface area contributed by atoms with Crippen molar-refractivity contribution in [2.24, 2.45) is 0 Å². The van der Waals surface area contributed by atoms with Gasteiger partial charge >= 0.3 is 0 Å². The van der Waals surface area contributed by atoms with E-state index in [0.29, 0.717) is 35.0 Å². The number of nitro benzene ring substituents is 1. The zero-order valence-corrected chi connectivity index (χ0v) is 13.5. The van der Waals surface area contributed by atoms with E-state index in [1.54, 1.807) is 18.2 Å². The largest absolute Gasteiger partial charge is 0.493 e. The van der Waals surface area contributed by atoms with Gasteiger partial charge in [0, 0.05) is 18.2 Å². The molecule has 1 aromatic heterocycles. The Morgan fingerprint density at radius 3 is 2.84 bits per heavy atom. The first-order valence-corrected chi connectivity index (χ1v) is 7.60. The van der Waals surface area contributed by atoms with Gasteiger partial charge in [0.15, 0.2) is 0 Å². The second-order valence-electron chi connectivity index (χ2n) is 5.13. The van der Waals surface area contributed by atoms with Crippen molar-refractivity contribution >= 4 is 16.7 Å². The van der Waals surface area contributed by atoms with Gasteiger partial charge in [-0.25, -0.2) is 4.98 Å². The molecule has 7 nitrogen and oxygen atoms in total. The van der Waals surface area contributed by atoms with Crippen LogP contribution >= 0.6 is 0 Å². The van der Waals surface area contributed by atoms with E-state index in [2.05, 4.69) is 15.9 Å². The van der Waals surface area contributed by atoms with Crippen molar-refractivity contribution in [2.45, 2.75) is 6.92 Å². The predicted molar refractivity (Wildman–Crippen MR) is 93.7 cm³/mol. The SMILES string of the molecule is C#CCOc1ccc(-c2nc3cc([N+](=O)[O-])ccc3[nH]2)c(OCC)c1. The van der Waals surface area contributed by atoms with Crippen molar-refractivity contribution in [1.29, 1.82) is 0 Å². The Balaban J connectivity index is 2.03. The summed E-state index contributed by atoms with van der Waals surface area (Å²) < 4.78 is 11.1. The average Bonchev–Trinajstić information content (AvgIpc) is 3.03. The summed E-state index contributed by atoms with van der Waals surface area (Å²) in [5.74, 6) is 4.15. The third-order valence-corrected chi connectivity index (χ3v) is 3.51. The zero-order chi connectivity index (χ0) is 17.8. The van der Waals surface area contributed by atoms with Crippen molar-refractivity contribution < 1.29 is 14.4 Å². The number of H-pyrrole nitrogens is 1. The summed E-state index contributed by atoms with van der Waals surface area (Å²) >= 11 is 0. The molecule has 3 aromatic rings. The van der Waals surface area contributed by atoms with Crippen LogP contribution in [0.1, 0.15) is 6.92 Å². The number of aromatic amines is 1. The summed E-state index contributed by atoms with van der Waals surface area (Å²) in [6.45, 7) is 2.51. The topological polar surface area (TPSA) is 90.3 Å². The van der Waals surface area contributed by atoms with Gasteiger partial charge in [0.25, 0.3) is 5.69 Å². The standard InChI is InChI=1S/C18H15N3O4/c1-3-9-25-13-6-7-14(17(11-13)24-4-2)18-19-15-8-5-12(21(22)23)10-16(15)20-18/h1,5-8,10-11H,4,9H2,2H3,(H,19,20). The van der Waals surface area contributed by atoms with E-state index in [1.807, 2.05) is 13.0 Å². The molecule has 2 aromatic carbocycles. The number of benzene rings is 2. The van der Waals surface area contributed by atoms with Crippen LogP contribution in [0.3, 0.4) is 0 Å². The second kappa shape index (κ2) is 6.93. The maximum Gasteiger partial charge on any atom is 0.271 e. The number of nitrogens with one attached hydrogen (secondary N) is 1. The van der Waals surface area contributed by atoms with Crippen LogP contribution in [0, 0.1) is 22.5 Å². The molecule has 1 heterocycles. The van der Waals surface area contributed by atoms with Gasteiger partial charge in [-0.3, -0.25) is 10.1 Å². The molecule has 0 unspecified atom stereocenters. The molecule has 0 radical (unpaired) electrons. The number of aromatic nitrogens is 2. The van der Waals surface area contributed by atoms with E-state index < -0.39 is 4.92 Å². The van der Waals surface area contributed by atoms with E-state index >= 15 is 0 Å². The van der Waals surface area contributed by atoms with Gasteiger partial charge in [0.2, 0.25) is 0 Å². The lowest BCUT2D eigenvalue weighted by atomic mass is 10.2. The Kier molecular flexibility index (Phi) is 4.53. The molecule has 0 spiro atoms. The fourth-order valence-corrected chi connectivity index (χ4v) is 2.42. The Morgan fingerprint density at radius 2 is 2.12 bits per heavy atom. The number of rotatable bonds is 6. The van der Waals surface area contributed by atoms with Crippen LogP contribution in [0.2, 0.25) is 0 Å². The molecule has 7 heteroatoms. The lowest BCUT2D eigenvalue weighted by Gasteiger charge is -2.10. The first-order chi connectivity index (χ1) is 12.1. The number of fused-ring (bicyclic) bond motifs is 1. The van der Waals surface area contributed by atoms with Crippen LogP contribution in [0.15, 0.2) is 36.4 Å². The molecule has 25 heavy (non-hydrogen) atoms. The third-order valence-electron chi connectivity index (χ3n) is 3.51. The molecule has 0 bridgehead atoms. The van der Waals surface area contributed by atoms with Crippen LogP contribution in [-0.2, 0) is 0 Å². The Morgan fingerprint density at radius 1 is 1.28 bits per heavy atom. The van der Waals surface area contributed by atoms with Gasteiger partial charge in [0.05, 0.1) is 28.1 Å². The Labute approximate surface area is 143 Å². The summed E-state index contributed by atoms with van der Waals surface area (Å²) in [4.78, 5) is 18.1. The van der Waals surface area contributed by atoms with Crippen LogP contribution < -0.4 is 9.47 Å². The van der Waals surface area contributed by atoms with Crippen molar-refractivity contribution in [3.8, 4) is 35.2 Å². The normalized spacial score (nSPS) is 10.4. The van der Waals surface area contributed by atoms with Gasteiger partial charge in [0.1, 0.15) is 23.9 Å². The molecule has 0 aliphatic rings. The maximum absolute atomic E-state index is 10.9. The van der Waals surface area contributed by atoms with Crippen LogP contribution in [0.5, 0.6) is 11.5 Å². The monoisotopic (exact) mass is 337 g/mol. The van der Waals surface area contributed by atoms with Gasteiger partial charge in [-0.15, -0.1) is 6.42 Å². The first kappa shape index (κ1) is 16.3. The number of nitrogens with zero attached hydrogens (tertiary/aromatic N) is 2. The highest BCUT2D eigenvalue weighted by Crippen LogP contribution is 2.33. The molecule has 3 rings (SSSR count). The number of hydrogen-bond acceptors (Lipinski definition) is 5. The van der Waals surface area contributed by atoms with Gasteiger partial charge in [-0.2, -0.15) is 0 Å². The number of terminal acetylenes is 1. The molecule has 126 valence electrons. The predicted octanol–water partition coefficient (Wildman–Crippen LogP) is 3.55.